The second kappa shape index (κ2) is 4.32. The number of hydrogen-bond donors (Lipinski definition) is 3. The fourth-order valence-electron chi connectivity index (χ4n) is 2.64. The minimum Gasteiger partial charge on any atom is -0.366 e. The number of hydrogen-bond acceptors (Lipinski definition) is 5. The predicted octanol–water partition coefficient (Wildman–Crippen LogP) is 2.91. The van der Waals surface area contributed by atoms with Gasteiger partial charge in [0.25, 0.3) is 0 Å². The summed E-state index contributed by atoms with van der Waals surface area (Å²) in [6.07, 6.45) is 0. The highest BCUT2D eigenvalue weighted by molar-refractivity contribution is 5.50. The minimum atomic E-state index is -0.113. The molecule has 0 unspecified atom stereocenters. The van der Waals surface area contributed by atoms with E-state index < -0.39 is 0 Å². The van der Waals surface area contributed by atoms with E-state index in [1.807, 2.05) is 6.07 Å². The number of nitrogen functional groups attached to an aromatic ring is 1. The molecule has 1 aromatic rings. The molecule has 0 spiro atoms. The van der Waals surface area contributed by atoms with E-state index in [0.29, 0.717) is 11.9 Å². The maximum atomic E-state index is 5.52. The van der Waals surface area contributed by atoms with Crippen LogP contribution in [0.25, 0.3) is 0 Å². The van der Waals surface area contributed by atoms with Gasteiger partial charge in [-0.05, 0) is 10.8 Å². The number of rotatable bonds is 3. The second-order valence-corrected chi connectivity index (χ2v) is 7.88. The van der Waals surface area contributed by atoms with Gasteiger partial charge in [-0.2, -0.15) is 0 Å². The van der Waals surface area contributed by atoms with Crippen LogP contribution in [-0.2, 0) is 5.41 Å². The molecule has 0 saturated heterocycles. The molecule has 0 aliphatic heterocycles. The quantitative estimate of drug-likeness (QED) is 0.585. The lowest BCUT2D eigenvalue weighted by Gasteiger charge is -2.19. The van der Waals surface area contributed by atoms with Crippen molar-refractivity contribution in [1.82, 2.24) is 9.97 Å². The molecule has 2 rings (SSSR count). The maximum absolute atomic E-state index is 5.52. The Balaban J connectivity index is 2.30. The number of hydrazine groups is 1. The molecule has 0 atom stereocenters. The van der Waals surface area contributed by atoms with Crippen LogP contribution in [0, 0.1) is 10.8 Å². The van der Waals surface area contributed by atoms with E-state index in [4.69, 9.17) is 5.84 Å². The molecule has 0 radical (unpaired) electrons. The van der Waals surface area contributed by atoms with Crippen molar-refractivity contribution in [2.75, 3.05) is 10.7 Å². The Morgan fingerprint density at radius 3 is 1.95 bits per heavy atom. The number of aromatic nitrogens is 2. The van der Waals surface area contributed by atoms with E-state index in [2.05, 4.69) is 69.2 Å². The van der Waals surface area contributed by atoms with Gasteiger partial charge in [-0.1, -0.05) is 48.5 Å². The van der Waals surface area contributed by atoms with E-state index in [0.717, 1.165) is 11.6 Å². The summed E-state index contributed by atoms with van der Waals surface area (Å²) in [5, 5.41) is 3.54. The highest BCUT2D eigenvalue weighted by Crippen LogP contribution is 2.63. The van der Waals surface area contributed by atoms with Gasteiger partial charge in [0.15, 0.2) is 0 Å². The fraction of sp³-hybridized carbons (Fsp3) is 0.733. The molecule has 20 heavy (non-hydrogen) atoms. The van der Waals surface area contributed by atoms with E-state index >= 15 is 0 Å². The number of anilines is 2. The van der Waals surface area contributed by atoms with Crippen LogP contribution >= 0.6 is 0 Å². The van der Waals surface area contributed by atoms with Gasteiger partial charge in [0, 0.05) is 17.5 Å². The van der Waals surface area contributed by atoms with Gasteiger partial charge >= 0.3 is 0 Å². The first-order valence-electron chi connectivity index (χ1n) is 7.13. The lowest BCUT2D eigenvalue weighted by molar-refractivity contribution is 0.457. The van der Waals surface area contributed by atoms with Crippen molar-refractivity contribution in [3.05, 3.63) is 11.9 Å². The Morgan fingerprint density at radius 1 is 1.05 bits per heavy atom. The summed E-state index contributed by atoms with van der Waals surface area (Å²) in [7, 11) is 0. The largest absolute Gasteiger partial charge is 0.366 e. The van der Waals surface area contributed by atoms with E-state index in [1.54, 1.807) is 0 Å². The third-order valence-corrected chi connectivity index (χ3v) is 4.86. The first kappa shape index (κ1) is 15.0. The summed E-state index contributed by atoms with van der Waals surface area (Å²) in [5.74, 6) is 7.78. The molecule has 1 fully saturated rings. The molecule has 4 N–H and O–H groups in total. The zero-order chi connectivity index (χ0) is 15.3. The van der Waals surface area contributed by atoms with Gasteiger partial charge in [0.2, 0.25) is 0 Å². The third kappa shape index (κ3) is 2.35. The molecule has 112 valence electrons. The Labute approximate surface area is 121 Å². The first-order chi connectivity index (χ1) is 9.00. The van der Waals surface area contributed by atoms with Crippen molar-refractivity contribution in [2.24, 2.45) is 16.7 Å². The Bertz CT molecular complexity index is 499. The first-order valence-corrected chi connectivity index (χ1v) is 7.13. The molecule has 5 heteroatoms. The summed E-state index contributed by atoms with van der Waals surface area (Å²) in [5.41, 5.74) is 3.03. The molecule has 1 heterocycles. The van der Waals surface area contributed by atoms with E-state index in [1.165, 1.54) is 0 Å². The van der Waals surface area contributed by atoms with Gasteiger partial charge in [0.1, 0.15) is 17.5 Å². The molecule has 1 aromatic heterocycles. The summed E-state index contributed by atoms with van der Waals surface area (Å²) < 4.78 is 0. The van der Waals surface area contributed by atoms with Gasteiger partial charge in [-0.15, -0.1) is 0 Å². The van der Waals surface area contributed by atoms with Crippen molar-refractivity contribution in [3.63, 3.8) is 0 Å². The summed E-state index contributed by atoms with van der Waals surface area (Å²) in [6.45, 7) is 15.4. The highest BCUT2D eigenvalue weighted by atomic mass is 15.3. The lowest BCUT2D eigenvalue weighted by atomic mass is 9.96. The number of nitrogens with one attached hydrogen (secondary N) is 2. The summed E-state index contributed by atoms with van der Waals surface area (Å²) >= 11 is 0. The molecular formula is C15H27N5. The number of nitrogens with two attached hydrogens (primary N) is 1. The van der Waals surface area contributed by atoms with Crippen LogP contribution in [0.1, 0.15) is 54.3 Å². The van der Waals surface area contributed by atoms with Crippen molar-refractivity contribution in [2.45, 2.75) is 59.9 Å². The van der Waals surface area contributed by atoms with Gasteiger partial charge in [-0.3, -0.25) is 0 Å². The number of nitrogens with zero attached hydrogens (tertiary/aromatic N) is 2. The summed E-state index contributed by atoms with van der Waals surface area (Å²) in [4.78, 5) is 9.08. The highest BCUT2D eigenvalue weighted by Gasteiger charge is 2.65. The van der Waals surface area contributed by atoms with Crippen LogP contribution < -0.4 is 16.6 Å². The van der Waals surface area contributed by atoms with Gasteiger partial charge in [0.05, 0.1) is 0 Å². The fourth-order valence-corrected chi connectivity index (χ4v) is 2.64. The molecular weight excluding hydrogens is 250 g/mol. The molecule has 1 aliphatic rings. The predicted molar refractivity (Wildman–Crippen MR) is 83.5 cm³/mol. The van der Waals surface area contributed by atoms with Gasteiger partial charge in [-0.25, -0.2) is 15.8 Å². The standard InChI is InChI=1S/C15H27N5/c1-13(2,3)12-18-9(8-10(19-12)20-16)17-11-14(4,5)15(11,6)7/h8,11H,16H2,1-7H3,(H2,17,18,19,20). The van der Waals surface area contributed by atoms with Crippen LogP contribution in [0.4, 0.5) is 11.6 Å². The molecule has 0 aromatic carbocycles. The molecule has 0 bridgehead atoms. The lowest BCUT2D eigenvalue weighted by Crippen LogP contribution is -2.21. The van der Waals surface area contributed by atoms with Crippen LogP contribution in [0.5, 0.6) is 0 Å². The van der Waals surface area contributed by atoms with E-state index in [-0.39, 0.29) is 16.2 Å². The normalized spacial score (nSPS) is 20.6. The average molecular weight is 277 g/mol. The van der Waals surface area contributed by atoms with Crippen LogP contribution in [0.15, 0.2) is 6.07 Å². The van der Waals surface area contributed by atoms with E-state index in [9.17, 15) is 0 Å². The summed E-state index contributed by atoms with van der Waals surface area (Å²) in [6, 6.07) is 2.27. The molecule has 1 saturated carbocycles. The Hall–Kier alpha value is -1.36. The third-order valence-electron chi connectivity index (χ3n) is 4.86. The zero-order valence-electron chi connectivity index (χ0n) is 13.6. The molecule has 5 nitrogen and oxygen atoms in total. The average Bonchev–Trinajstić information content (AvgIpc) is 2.70. The molecule has 0 amide bonds. The maximum Gasteiger partial charge on any atom is 0.145 e. The second-order valence-electron chi connectivity index (χ2n) is 7.88. The zero-order valence-corrected chi connectivity index (χ0v) is 13.6. The van der Waals surface area contributed by atoms with Crippen LogP contribution in [-0.4, -0.2) is 16.0 Å². The van der Waals surface area contributed by atoms with Gasteiger partial charge < -0.3 is 10.7 Å². The Kier molecular flexibility index (Phi) is 3.25. The minimum absolute atomic E-state index is 0.113. The molecule has 1 aliphatic carbocycles. The van der Waals surface area contributed by atoms with Crippen LogP contribution in [0.3, 0.4) is 0 Å². The van der Waals surface area contributed by atoms with Crippen molar-refractivity contribution in [1.29, 1.82) is 0 Å². The monoisotopic (exact) mass is 277 g/mol. The Morgan fingerprint density at radius 2 is 1.55 bits per heavy atom. The SMILES string of the molecule is CC(C)(C)c1nc(NN)cc(NC2C(C)(C)C2(C)C)n1. The van der Waals surface area contributed by atoms with Crippen molar-refractivity contribution >= 4 is 11.6 Å². The topological polar surface area (TPSA) is 75.9 Å². The van der Waals surface area contributed by atoms with Crippen molar-refractivity contribution < 1.29 is 0 Å². The van der Waals surface area contributed by atoms with Crippen LogP contribution in [0.2, 0.25) is 0 Å². The smallest absolute Gasteiger partial charge is 0.145 e. The van der Waals surface area contributed by atoms with Crippen molar-refractivity contribution in [3.8, 4) is 0 Å².